The Kier molecular flexibility index (Phi) is 5.70. The molecule has 0 radical (unpaired) electrons. The predicted octanol–water partition coefficient (Wildman–Crippen LogP) is 4.74. The van der Waals surface area contributed by atoms with Crippen LogP contribution >= 0.6 is 22.9 Å². The summed E-state index contributed by atoms with van der Waals surface area (Å²) >= 11 is 7.62. The third-order valence-electron chi connectivity index (χ3n) is 4.69. The lowest BCUT2D eigenvalue weighted by Gasteiger charge is -2.08. The predicted molar refractivity (Wildman–Crippen MR) is 124 cm³/mol. The first-order valence-corrected chi connectivity index (χ1v) is 11.9. The maximum atomic E-state index is 12.6. The molecule has 4 aromatic rings. The van der Waals surface area contributed by atoms with E-state index >= 15 is 0 Å². The molecule has 6 nitrogen and oxygen atoms in total. The van der Waals surface area contributed by atoms with Crippen LogP contribution in [0.2, 0.25) is 5.02 Å². The van der Waals surface area contributed by atoms with Gasteiger partial charge in [0.05, 0.1) is 20.1 Å². The molecule has 0 spiro atoms. The standard InChI is InChI=1S/C22H18ClN3O3S2/c1-14-6-12-17(13-7-14)31(28,29)25-16-10-8-15(9-11-16)21(27)24-22-26(2)20-18(23)4-3-5-19(20)30-22/h3-13,25H,1-2H3. The second-order valence-electron chi connectivity index (χ2n) is 6.94. The number of halogens is 1. The van der Waals surface area contributed by atoms with Crippen LogP contribution < -0.4 is 9.52 Å². The highest BCUT2D eigenvalue weighted by atomic mass is 35.5. The zero-order chi connectivity index (χ0) is 22.2. The summed E-state index contributed by atoms with van der Waals surface area (Å²) < 4.78 is 30.3. The fourth-order valence-corrected chi connectivity index (χ4v) is 5.49. The number of benzene rings is 3. The summed E-state index contributed by atoms with van der Waals surface area (Å²) in [5.74, 6) is -0.425. The number of rotatable bonds is 4. The summed E-state index contributed by atoms with van der Waals surface area (Å²) in [6.45, 7) is 1.89. The first-order valence-electron chi connectivity index (χ1n) is 9.27. The Morgan fingerprint density at radius 2 is 1.71 bits per heavy atom. The van der Waals surface area contributed by atoms with Gasteiger partial charge in [0.15, 0.2) is 4.80 Å². The molecule has 9 heteroatoms. The molecule has 0 fully saturated rings. The quantitative estimate of drug-likeness (QED) is 0.466. The lowest BCUT2D eigenvalue weighted by molar-refractivity contribution is 0.0998. The molecular formula is C22H18ClN3O3S2. The van der Waals surface area contributed by atoms with E-state index in [9.17, 15) is 13.2 Å². The van der Waals surface area contributed by atoms with Gasteiger partial charge in [0.2, 0.25) is 0 Å². The van der Waals surface area contributed by atoms with Crippen molar-refractivity contribution in [3.05, 3.63) is 87.7 Å². The van der Waals surface area contributed by atoms with Gasteiger partial charge in [-0.05, 0) is 55.5 Å². The third kappa shape index (κ3) is 4.41. The number of thiazole rings is 1. The van der Waals surface area contributed by atoms with E-state index in [-0.39, 0.29) is 4.90 Å². The molecule has 0 saturated carbocycles. The van der Waals surface area contributed by atoms with Crippen LogP contribution in [-0.2, 0) is 17.1 Å². The van der Waals surface area contributed by atoms with Gasteiger partial charge in [0.25, 0.3) is 15.9 Å². The van der Waals surface area contributed by atoms with Gasteiger partial charge in [-0.1, -0.05) is 46.7 Å². The van der Waals surface area contributed by atoms with Gasteiger partial charge in [-0.25, -0.2) is 8.42 Å². The van der Waals surface area contributed by atoms with Gasteiger partial charge in [-0.3, -0.25) is 9.52 Å². The van der Waals surface area contributed by atoms with Crippen molar-refractivity contribution >= 4 is 54.8 Å². The van der Waals surface area contributed by atoms with Crippen molar-refractivity contribution in [3.8, 4) is 0 Å². The summed E-state index contributed by atoms with van der Waals surface area (Å²) in [6, 6.07) is 18.3. The Hall–Kier alpha value is -2.94. The molecule has 0 atom stereocenters. The van der Waals surface area contributed by atoms with Crippen molar-refractivity contribution in [2.45, 2.75) is 11.8 Å². The summed E-state index contributed by atoms with van der Waals surface area (Å²) in [5.41, 5.74) is 2.50. The van der Waals surface area contributed by atoms with E-state index in [2.05, 4.69) is 9.71 Å². The van der Waals surface area contributed by atoms with Crippen LogP contribution in [0.5, 0.6) is 0 Å². The number of carbonyl (C=O) groups is 1. The monoisotopic (exact) mass is 471 g/mol. The lowest BCUT2D eigenvalue weighted by Crippen LogP contribution is -2.14. The number of carbonyl (C=O) groups excluding carboxylic acids is 1. The molecule has 158 valence electrons. The first kappa shape index (κ1) is 21.3. The van der Waals surface area contributed by atoms with Crippen molar-refractivity contribution in [1.29, 1.82) is 0 Å². The van der Waals surface area contributed by atoms with Crippen molar-refractivity contribution in [2.24, 2.45) is 12.0 Å². The highest BCUT2D eigenvalue weighted by Gasteiger charge is 2.14. The third-order valence-corrected chi connectivity index (χ3v) is 7.49. The molecule has 1 amide bonds. The number of nitrogens with one attached hydrogen (secondary N) is 1. The SMILES string of the molecule is Cc1ccc(S(=O)(=O)Nc2ccc(C(=O)N=c3sc4cccc(Cl)c4n3C)cc2)cc1. The van der Waals surface area contributed by atoms with Crippen LogP contribution in [0.25, 0.3) is 10.2 Å². The van der Waals surface area contributed by atoms with E-state index in [4.69, 9.17) is 11.6 Å². The Morgan fingerprint density at radius 1 is 1.03 bits per heavy atom. The van der Waals surface area contributed by atoms with E-state index < -0.39 is 15.9 Å². The molecule has 31 heavy (non-hydrogen) atoms. The van der Waals surface area contributed by atoms with E-state index in [1.807, 2.05) is 19.1 Å². The smallest absolute Gasteiger partial charge is 0.279 e. The summed E-state index contributed by atoms with van der Waals surface area (Å²) in [5, 5.41) is 0.593. The average Bonchev–Trinajstić information content (AvgIpc) is 3.05. The van der Waals surface area contributed by atoms with Gasteiger partial charge in [0.1, 0.15) is 0 Å². The summed E-state index contributed by atoms with van der Waals surface area (Å²) in [7, 11) is -1.90. The number of aryl methyl sites for hydroxylation is 2. The Balaban J connectivity index is 1.58. The largest absolute Gasteiger partial charge is 0.318 e. The number of amides is 1. The minimum atomic E-state index is -3.71. The number of anilines is 1. The maximum Gasteiger partial charge on any atom is 0.279 e. The molecule has 1 heterocycles. The minimum absolute atomic E-state index is 0.171. The molecule has 0 unspecified atom stereocenters. The van der Waals surface area contributed by atoms with Crippen LogP contribution in [0.4, 0.5) is 5.69 Å². The first-order chi connectivity index (χ1) is 14.7. The van der Waals surface area contributed by atoms with Crippen LogP contribution in [0.15, 0.2) is 76.6 Å². The van der Waals surface area contributed by atoms with Gasteiger partial charge in [0, 0.05) is 18.3 Å². The number of fused-ring (bicyclic) bond motifs is 1. The lowest BCUT2D eigenvalue weighted by atomic mass is 10.2. The van der Waals surface area contributed by atoms with E-state index in [1.165, 1.54) is 23.5 Å². The average molecular weight is 472 g/mol. The molecule has 4 rings (SSSR count). The number of para-hydroxylation sites is 1. The van der Waals surface area contributed by atoms with E-state index in [1.54, 1.807) is 54.1 Å². The highest BCUT2D eigenvalue weighted by Crippen LogP contribution is 2.24. The van der Waals surface area contributed by atoms with Crippen molar-refractivity contribution in [2.75, 3.05) is 4.72 Å². The minimum Gasteiger partial charge on any atom is -0.318 e. The fraction of sp³-hybridized carbons (Fsp3) is 0.0909. The van der Waals surface area contributed by atoms with Crippen LogP contribution in [0.3, 0.4) is 0 Å². The number of nitrogens with zero attached hydrogens (tertiary/aromatic N) is 2. The normalized spacial score (nSPS) is 12.3. The number of hydrogen-bond donors (Lipinski definition) is 1. The number of hydrogen-bond acceptors (Lipinski definition) is 4. The zero-order valence-electron chi connectivity index (χ0n) is 16.7. The molecule has 1 aromatic heterocycles. The van der Waals surface area contributed by atoms with Gasteiger partial charge in [-0.2, -0.15) is 4.99 Å². The summed E-state index contributed by atoms with van der Waals surface area (Å²) in [6.07, 6.45) is 0. The zero-order valence-corrected chi connectivity index (χ0v) is 19.1. The van der Waals surface area contributed by atoms with Crippen LogP contribution in [-0.4, -0.2) is 18.9 Å². The molecule has 0 saturated heterocycles. The fourth-order valence-electron chi connectivity index (χ4n) is 3.03. The van der Waals surface area contributed by atoms with Gasteiger partial charge < -0.3 is 4.57 Å². The topological polar surface area (TPSA) is 80.5 Å². The highest BCUT2D eigenvalue weighted by molar-refractivity contribution is 7.92. The molecule has 0 aliphatic heterocycles. The number of aromatic nitrogens is 1. The Bertz CT molecular complexity index is 1450. The summed E-state index contributed by atoms with van der Waals surface area (Å²) in [4.78, 5) is 17.5. The Labute approximate surface area is 188 Å². The number of sulfonamides is 1. The molecule has 0 aliphatic carbocycles. The maximum absolute atomic E-state index is 12.6. The van der Waals surface area contributed by atoms with Gasteiger partial charge >= 0.3 is 0 Å². The van der Waals surface area contributed by atoms with Gasteiger partial charge in [-0.15, -0.1) is 0 Å². The molecule has 0 aliphatic rings. The van der Waals surface area contributed by atoms with Crippen molar-refractivity contribution < 1.29 is 13.2 Å². The van der Waals surface area contributed by atoms with Crippen molar-refractivity contribution in [1.82, 2.24) is 4.57 Å². The van der Waals surface area contributed by atoms with Crippen molar-refractivity contribution in [3.63, 3.8) is 0 Å². The second kappa shape index (κ2) is 8.30. The van der Waals surface area contributed by atoms with E-state index in [0.717, 1.165) is 15.8 Å². The molecule has 3 aromatic carbocycles. The second-order valence-corrected chi connectivity index (χ2v) is 10.0. The molecule has 0 bridgehead atoms. The molecular weight excluding hydrogens is 454 g/mol. The molecule has 1 N–H and O–H groups in total. The Morgan fingerprint density at radius 3 is 2.35 bits per heavy atom. The van der Waals surface area contributed by atoms with E-state index in [0.29, 0.717) is 21.1 Å². The van der Waals surface area contributed by atoms with Crippen LogP contribution in [0.1, 0.15) is 15.9 Å². The van der Waals surface area contributed by atoms with Crippen LogP contribution in [0, 0.1) is 6.92 Å².